The van der Waals surface area contributed by atoms with E-state index >= 15 is 0 Å². The molecule has 1 aliphatic rings. The monoisotopic (exact) mass is 164 g/mol. The molecular formula is C8H13NaO2. The first-order valence-electron chi connectivity index (χ1n) is 3.57. The van der Waals surface area contributed by atoms with E-state index in [1.807, 2.05) is 13.8 Å². The molecule has 1 aliphatic carbocycles. The predicted octanol–water partition coefficient (Wildman–Crippen LogP) is 0.542. The van der Waals surface area contributed by atoms with Crippen LogP contribution in [0.4, 0.5) is 0 Å². The summed E-state index contributed by atoms with van der Waals surface area (Å²) in [7, 11) is 0. The Balaban J connectivity index is 0.000001000. The van der Waals surface area contributed by atoms with Gasteiger partial charge in [-0.1, -0.05) is 13.8 Å². The van der Waals surface area contributed by atoms with E-state index in [1.54, 1.807) is 0 Å². The van der Waals surface area contributed by atoms with Gasteiger partial charge in [-0.05, 0) is 12.8 Å². The summed E-state index contributed by atoms with van der Waals surface area (Å²) in [6.45, 7) is 3.80. The SMILES string of the molecule is CC1(C)CCC(C=O)C1=O.[NaH]. The Morgan fingerprint density at radius 3 is 2.27 bits per heavy atom. The van der Waals surface area contributed by atoms with Crippen LogP contribution in [0.15, 0.2) is 0 Å². The minimum absolute atomic E-state index is 0. The molecule has 0 amide bonds. The van der Waals surface area contributed by atoms with Crippen molar-refractivity contribution in [3.63, 3.8) is 0 Å². The molecule has 0 heterocycles. The fourth-order valence-electron chi connectivity index (χ4n) is 1.40. The number of carbonyl (C=O) groups excluding carboxylic acids is 2. The van der Waals surface area contributed by atoms with Crippen LogP contribution in [0.5, 0.6) is 0 Å². The summed E-state index contributed by atoms with van der Waals surface area (Å²) in [5, 5.41) is 0. The fourth-order valence-corrected chi connectivity index (χ4v) is 1.40. The molecule has 1 atom stereocenters. The molecule has 1 unspecified atom stereocenters. The molecule has 1 fully saturated rings. The maximum atomic E-state index is 11.2. The Hall–Kier alpha value is 0.340. The summed E-state index contributed by atoms with van der Waals surface area (Å²) >= 11 is 0. The van der Waals surface area contributed by atoms with Crippen molar-refractivity contribution >= 4 is 41.6 Å². The topological polar surface area (TPSA) is 34.1 Å². The molecule has 0 aromatic rings. The van der Waals surface area contributed by atoms with E-state index < -0.39 is 0 Å². The molecule has 0 saturated heterocycles. The molecular weight excluding hydrogens is 151 g/mol. The van der Waals surface area contributed by atoms with Crippen molar-refractivity contribution in [1.29, 1.82) is 0 Å². The van der Waals surface area contributed by atoms with E-state index in [9.17, 15) is 9.59 Å². The summed E-state index contributed by atoms with van der Waals surface area (Å²) in [5.74, 6) is -0.197. The maximum absolute atomic E-state index is 11.2. The number of aldehydes is 1. The molecule has 0 aromatic carbocycles. The van der Waals surface area contributed by atoms with Gasteiger partial charge in [0.15, 0.2) is 0 Å². The molecule has 0 aliphatic heterocycles. The van der Waals surface area contributed by atoms with E-state index in [2.05, 4.69) is 0 Å². The van der Waals surface area contributed by atoms with Crippen LogP contribution in [-0.2, 0) is 9.59 Å². The van der Waals surface area contributed by atoms with E-state index in [0.29, 0.717) is 0 Å². The van der Waals surface area contributed by atoms with Crippen LogP contribution in [0.3, 0.4) is 0 Å². The summed E-state index contributed by atoms with van der Waals surface area (Å²) in [4.78, 5) is 21.5. The molecule has 58 valence electrons. The van der Waals surface area contributed by atoms with Crippen molar-refractivity contribution in [1.82, 2.24) is 0 Å². The average molecular weight is 164 g/mol. The van der Waals surface area contributed by atoms with Crippen LogP contribution >= 0.6 is 0 Å². The van der Waals surface area contributed by atoms with E-state index in [0.717, 1.165) is 19.1 Å². The third-order valence-electron chi connectivity index (χ3n) is 2.25. The van der Waals surface area contributed by atoms with E-state index in [-0.39, 0.29) is 46.7 Å². The second kappa shape index (κ2) is 3.83. The number of hydrogen-bond donors (Lipinski definition) is 0. The summed E-state index contributed by atoms with van der Waals surface area (Å²) in [5.41, 5.74) is -0.244. The van der Waals surface area contributed by atoms with Crippen LogP contribution in [0.1, 0.15) is 26.7 Å². The van der Waals surface area contributed by atoms with Crippen LogP contribution in [-0.4, -0.2) is 41.6 Å². The third-order valence-corrected chi connectivity index (χ3v) is 2.25. The Morgan fingerprint density at radius 1 is 1.55 bits per heavy atom. The third kappa shape index (κ3) is 2.14. The Morgan fingerprint density at radius 2 is 2.09 bits per heavy atom. The molecule has 3 heteroatoms. The van der Waals surface area contributed by atoms with Gasteiger partial charge in [0, 0.05) is 5.41 Å². The zero-order valence-electron chi connectivity index (χ0n) is 6.39. The standard InChI is InChI=1S/C8H12O2.Na.H/c1-8(2)4-3-6(5-9)7(8)10;;/h5-6H,3-4H2,1-2H3;;. The molecule has 0 bridgehead atoms. The first-order valence-corrected chi connectivity index (χ1v) is 3.57. The Labute approximate surface area is 89.0 Å². The average Bonchev–Trinajstić information content (AvgIpc) is 2.10. The van der Waals surface area contributed by atoms with Crippen LogP contribution < -0.4 is 0 Å². The van der Waals surface area contributed by atoms with Crippen molar-refractivity contribution < 1.29 is 9.59 Å². The fraction of sp³-hybridized carbons (Fsp3) is 0.750. The molecule has 2 nitrogen and oxygen atoms in total. The summed E-state index contributed by atoms with van der Waals surface area (Å²) < 4.78 is 0. The zero-order chi connectivity index (χ0) is 7.78. The van der Waals surface area contributed by atoms with Crippen molar-refractivity contribution in [3.05, 3.63) is 0 Å². The van der Waals surface area contributed by atoms with Crippen LogP contribution in [0, 0.1) is 11.3 Å². The van der Waals surface area contributed by atoms with E-state index in [1.165, 1.54) is 0 Å². The van der Waals surface area contributed by atoms with Crippen molar-refractivity contribution in [2.24, 2.45) is 11.3 Å². The van der Waals surface area contributed by atoms with Gasteiger partial charge in [0.05, 0.1) is 5.92 Å². The van der Waals surface area contributed by atoms with Gasteiger partial charge in [0.25, 0.3) is 0 Å². The summed E-state index contributed by atoms with van der Waals surface area (Å²) in [6, 6.07) is 0. The van der Waals surface area contributed by atoms with Gasteiger partial charge >= 0.3 is 29.6 Å². The molecule has 11 heavy (non-hydrogen) atoms. The Kier molecular flexibility index (Phi) is 3.95. The van der Waals surface area contributed by atoms with Gasteiger partial charge in [0.1, 0.15) is 12.1 Å². The first kappa shape index (κ1) is 11.3. The van der Waals surface area contributed by atoms with Gasteiger partial charge in [0.2, 0.25) is 0 Å². The van der Waals surface area contributed by atoms with Gasteiger partial charge < -0.3 is 4.79 Å². The quantitative estimate of drug-likeness (QED) is 0.322. The van der Waals surface area contributed by atoms with E-state index in [4.69, 9.17) is 0 Å². The number of ketones is 1. The Bertz CT molecular complexity index is 175. The molecule has 0 aromatic heterocycles. The molecule has 1 saturated carbocycles. The van der Waals surface area contributed by atoms with Crippen LogP contribution in [0.2, 0.25) is 0 Å². The molecule has 0 N–H and O–H groups in total. The normalized spacial score (nSPS) is 27.8. The number of Topliss-reactive ketones (excluding diaryl/α,β-unsaturated/α-hetero) is 1. The zero-order valence-corrected chi connectivity index (χ0v) is 6.39. The molecule has 1 rings (SSSR count). The van der Waals surface area contributed by atoms with Gasteiger partial charge in [-0.15, -0.1) is 0 Å². The van der Waals surface area contributed by atoms with Gasteiger partial charge in [-0.2, -0.15) is 0 Å². The number of hydrogen-bond acceptors (Lipinski definition) is 2. The van der Waals surface area contributed by atoms with Crippen molar-refractivity contribution in [2.45, 2.75) is 26.7 Å². The second-order valence-electron chi connectivity index (χ2n) is 3.53. The van der Waals surface area contributed by atoms with Crippen molar-refractivity contribution in [3.8, 4) is 0 Å². The van der Waals surface area contributed by atoms with Gasteiger partial charge in [-0.25, -0.2) is 0 Å². The van der Waals surface area contributed by atoms with Gasteiger partial charge in [-0.3, -0.25) is 4.79 Å². The first-order chi connectivity index (χ1) is 4.58. The summed E-state index contributed by atoms with van der Waals surface area (Å²) in [6.07, 6.45) is 2.38. The van der Waals surface area contributed by atoms with Crippen LogP contribution in [0.25, 0.3) is 0 Å². The number of rotatable bonds is 1. The number of carbonyl (C=O) groups is 2. The molecule has 0 radical (unpaired) electrons. The second-order valence-corrected chi connectivity index (χ2v) is 3.53. The predicted molar refractivity (Wildman–Crippen MR) is 44.7 cm³/mol. The molecule has 0 spiro atoms. The van der Waals surface area contributed by atoms with Crippen molar-refractivity contribution in [2.75, 3.05) is 0 Å². The minimum atomic E-state index is -0.310.